The van der Waals surface area contributed by atoms with E-state index in [4.69, 9.17) is 0 Å². The average molecular weight is 396 g/mol. The molecule has 0 amide bonds. The van der Waals surface area contributed by atoms with E-state index in [9.17, 15) is 4.79 Å². The Labute approximate surface area is 173 Å². The Hall–Kier alpha value is -2.05. The van der Waals surface area contributed by atoms with Crippen LogP contribution in [0.2, 0.25) is 0 Å². The van der Waals surface area contributed by atoms with Gasteiger partial charge in [0, 0.05) is 43.7 Å². The molecule has 0 unspecified atom stereocenters. The fourth-order valence-corrected chi connectivity index (χ4v) is 4.54. The Bertz CT molecular complexity index is 806. The van der Waals surface area contributed by atoms with Gasteiger partial charge in [0.1, 0.15) is 0 Å². The molecule has 4 rings (SSSR count). The predicted molar refractivity (Wildman–Crippen MR) is 116 cm³/mol. The summed E-state index contributed by atoms with van der Waals surface area (Å²) in [6, 6.07) is 7.30. The van der Waals surface area contributed by atoms with Gasteiger partial charge in [-0.2, -0.15) is 5.10 Å². The summed E-state index contributed by atoms with van der Waals surface area (Å²) in [7, 11) is 0. The highest BCUT2D eigenvalue weighted by Crippen LogP contribution is 2.20. The molecule has 2 aromatic heterocycles. The maximum atomic E-state index is 12.3. The molecular formula is C23H33N5O. The summed E-state index contributed by atoms with van der Waals surface area (Å²) in [4.78, 5) is 21.6. The molecule has 2 fully saturated rings. The molecule has 0 aliphatic carbocycles. The van der Waals surface area contributed by atoms with Crippen molar-refractivity contribution < 1.29 is 0 Å². The molecule has 156 valence electrons. The van der Waals surface area contributed by atoms with Crippen molar-refractivity contribution in [1.82, 2.24) is 24.6 Å². The Morgan fingerprint density at radius 3 is 2.17 bits per heavy atom. The number of nitrogens with zero attached hydrogens (tertiary/aromatic N) is 5. The van der Waals surface area contributed by atoms with Gasteiger partial charge in [0.25, 0.3) is 5.56 Å². The third kappa shape index (κ3) is 5.73. The van der Waals surface area contributed by atoms with E-state index in [2.05, 4.69) is 19.9 Å². The number of aromatic nitrogens is 3. The zero-order chi connectivity index (χ0) is 19.9. The second kappa shape index (κ2) is 10.1. The summed E-state index contributed by atoms with van der Waals surface area (Å²) in [5.41, 5.74) is 1.82. The highest BCUT2D eigenvalue weighted by Gasteiger charge is 2.21. The molecule has 29 heavy (non-hydrogen) atoms. The molecule has 6 nitrogen and oxygen atoms in total. The smallest absolute Gasteiger partial charge is 0.266 e. The summed E-state index contributed by atoms with van der Waals surface area (Å²) in [5, 5.41) is 4.62. The van der Waals surface area contributed by atoms with Gasteiger partial charge in [0.05, 0.1) is 5.69 Å². The second-order valence-corrected chi connectivity index (χ2v) is 8.52. The monoisotopic (exact) mass is 395 g/mol. The zero-order valence-corrected chi connectivity index (χ0v) is 17.4. The number of rotatable bonds is 6. The van der Waals surface area contributed by atoms with Crippen molar-refractivity contribution in [2.24, 2.45) is 5.92 Å². The van der Waals surface area contributed by atoms with Crippen LogP contribution in [0.1, 0.15) is 38.5 Å². The van der Waals surface area contributed by atoms with Crippen molar-refractivity contribution in [1.29, 1.82) is 0 Å². The standard InChI is InChI=1S/C23H33N5O/c29-23-6-5-22(21-7-11-24-12-8-21)25-28(23)19-20-9-15-27(16-10-20)18-17-26-13-3-1-2-4-14-26/h5-8,11-12,20H,1-4,9-10,13-19H2. The SMILES string of the molecule is O=c1ccc(-c2ccncc2)nn1CC1CCN(CCN2CCCCCC2)CC1. The van der Waals surface area contributed by atoms with Gasteiger partial charge in [-0.25, -0.2) is 4.68 Å². The van der Waals surface area contributed by atoms with Crippen LogP contribution in [0, 0.1) is 5.92 Å². The van der Waals surface area contributed by atoms with Crippen LogP contribution >= 0.6 is 0 Å². The lowest BCUT2D eigenvalue weighted by atomic mass is 9.97. The van der Waals surface area contributed by atoms with Crippen LogP contribution in [0.15, 0.2) is 41.5 Å². The summed E-state index contributed by atoms with van der Waals surface area (Å²) in [5.74, 6) is 0.530. The van der Waals surface area contributed by atoms with Crippen LogP contribution in [0.4, 0.5) is 0 Å². The van der Waals surface area contributed by atoms with E-state index in [0.29, 0.717) is 5.92 Å². The van der Waals surface area contributed by atoms with Gasteiger partial charge in [0.2, 0.25) is 0 Å². The van der Waals surface area contributed by atoms with Gasteiger partial charge in [-0.3, -0.25) is 9.78 Å². The Balaban J connectivity index is 1.28. The molecule has 6 heteroatoms. The van der Waals surface area contributed by atoms with Crippen molar-refractivity contribution in [3.8, 4) is 11.3 Å². The summed E-state index contributed by atoms with van der Waals surface area (Å²) >= 11 is 0. The van der Waals surface area contributed by atoms with Crippen molar-refractivity contribution in [2.45, 2.75) is 45.1 Å². The first-order chi connectivity index (χ1) is 14.3. The normalized spacial score (nSPS) is 19.9. The van der Waals surface area contributed by atoms with Gasteiger partial charge in [0.15, 0.2) is 0 Å². The van der Waals surface area contributed by atoms with Crippen LogP contribution in [0.3, 0.4) is 0 Å². The molecular weight excluding hydrogens is 362 g/mol. The molecule has 2 saturated heterocycles. The maximum Gasteiger partial charge on any atom is 0.266 e. The minimum atomic E-state index is -0.00796. The fraction of sp³-hybridized carbons (Fsp3) is 0.609. The lowest BCUT2D eigenvalue weighted by Crippen LogP contribution is -2.41. The van der Waals surface area contributed by atoms with E-state index in [-0.39, 0.29) is 5.56 Å². The average Bonchev–Trinajstić information content (AvgIpc) is 3.04. The van der Waals surface area contributed by atoms with Crippen molar-refractivity contribution >= 4 is 0 Å². The van der Waals surface area contributed by atoms with Gasteiger partial charge >= 0.3 is 0 Å². The fourth-order valence-electron chi connectivity index (χ4n) is 4.54. The summed E-state index contributed by atoms with van der Waals surface area (Å²) in [6.07, 6.45) is 11.3. The van der Waals surface area contributed by atoms with Gasteiger partial charge < -0.3 is 9.80 Å². The Kier molecular flexibility index (Phi) is 7.06. The Morgan fingerprint density at radius 2 is 1.48 bits per heavy atom. The first-order valence-corrected chi connectivity index (χ1v) is 11.2. The van der Waals surface area contributed by atoms with Crippen LogP contribution in [-0.2, 0) is 6.54 Å². The summed E-state index contributed by atoms with van der Waals surface area (Å²) in [6.45, 7) is 7.94. The molecule has 0 saturated carbocycles. The largest absolute Gasteiger partial charge is 0.302 e. The zero-order valence-electron chi connectivity index (χ0n) is 17.4. The minimum Gasteiger partial charge on any atom is -0.302 e. The van der Waals surface area contributed by atoms with Crippen LogP contribution in [0.5, 0.6) is 0 Å². The van der Waals surface area contributed by atoms with E-state index >= 15 is 0 Å². The van der Waals surface area contributed by atoms with E-state index in [1.807, 2.05) is 12.1 Å². The van der Waals surface area contributed by atoms with Crippen LogP contribution < -0.4 is 5.56 Å². The van der Waals surface area contributed by atoms with E-state index in [0.717, 1.165) is 43.7 Å². The minimum absolute atomic E-state index is 0.00796. The maximum absolute atomic E-state index is 12.3. The molecule has 0 spiro atoms. The first kappa shape index (κ1) is 20.2. The molecule has 0 aromatic carbocycles. The predicted octanol–water partition coefficient (Wildman–Crippen LogP) is 2.89. The molecule has 4 heterocycles. The van der Waals surface area contributed by atoms with Gasteiger partial charge in [-0.05, 0) is 76.0 Å². The molecule has 0 bridgehead atoms. The van der Waals surface area contributed by atoms with E-state index < -0.39 is 0 Å². The van der Waals surface area contributed by atoms with Crippen LogP contribution in [0.25, 0.3) is 11.3 Å². The molecule has 2 aromatic rings. The lowest BCUT2D eigenvalue weighted by molar-refractivity contribution is 0.147. The van der Waals surface area contributed by atoms with E-state index in [1.54, 1.807) is 29.2 Å². The topological polar surface area (TPSA) is 54.3 Å². The quantitative estimate of drug-likeness (QED) is 0.753. The number of pyridine rings is 1. The van der Waals surface area contributed by atoms with Gasteiger partial charge in [-0.15, -0.1) is 0 Å². The highest BCUT2D eigenvalue weighted by atomic mass is 16.1. The lowest BCUT2D eigenvalue weighted by Gasteiger charge is -2.33. The number of piperidine rings is 1. The number of likely N-dealkylation sites (tertiary alicyclic amines) is 2. The van der Waals surface area contributed by atoms with Gasteiger partial charge in [-0.1, -0.05) is 12.8 Å². The molecule has 2 aliphatic rings. The van der Waals surface area contributed by atoms with E-state index in [1.165, 1.54) is 51.9 Å². The third-order valence-corrected chi connectivity index (χ3v) is 6.41. The molecule has 2 aliphatic heterocycles. The van der Waals surface area contributed by atoms with Crippen molar-refractivity contribution in [2.75, 3.05) is 39.3 Å². The van der Waals surface area contributed by atoms with Crippen molar-refractivity contribution in [3.05, 3.63) is 47.0 Å². The summed E-state index contributed by atoms with van der Waals surface area (Å²) < 4.78 is 1.66. The first-order valence-electron chi connectivity index (χ1n) is 11.2. The van der Waals surface area contributed by atoms with Crippen molar-refractivity contribution in [3.63, 3.8) is 0 Å². The number of hydrogen-bond donors (Lipinski definition) is 0. The molecule has 0 radical (unpaired) electrons. The molecule has 0 N–H and O–H groups in total. The molecule has 0 atom stereocenters. The van der Waals surface area contributed by atoms with Crippen LogP contribution in [-0.4, -0.2) is 63.8 Å². The Morgan fingerprint density at radius 1 is 0.828 bits per heavy atom. The number of hydrogen-bond acceptors (Lipinski definition) is 5. The third-order valence-electron chi connectivity index (χ3n) is 6.41. The second-order valence-electron chi connectivity index (χ2n) is 8.52. The highest BCUT2D eigenvalue weighted by molar-refractivity contribution is 5.56.